The Morgan fingerprint density at radius 3 is 2.70 bits per heavy atom. The van der Waals surface area contributed by atoms with Gasteiger partial charge in [-0.05, 0) is 32.0 Å². The van der Waals surface area contributed by atoms with Gasteiger partial charge in [0.1, 0.15) is 23.7 Å². The third-order valence-electron chi connectivity index (χ3n) is 4.80. The van der Waals surface area contributed by atoms with E-state index < -0.39 is 0 Å². The Morgan fingerprint density at radius 1 is 1.23 bits per heavy atom. The van der Waals surface area contributed by atoms with E-state index in [0.29, 0.717) is 12.5 Å². The number of carbonyl (C=O) groups is 1. The molecule has 2 N–H and O–H groups in total. The van der Waals surface area contributed by atoms with Crippen molar-refractivity contribution in [3.05, 3.63) is 54.0 Å². The van der Waals surface area contributed by atoms with Crippen LogP contribution in [0.4, 0.5) is 0 Å². The molecule has 1 aromatic heterocycles. The van der Waals surface area contributed by atoms with E-state index in [9.17, 15) is 4.79 Å². The Kier molecular flexibility index (Phi) is 8.57. The molecule has 0 saturated carbocycles. The van der Waals surface area contributed by atoms with Gasteiger partial charge in [-0.3, -0.25) is 4.79 Å². The molecule has 1 unspecified atom stereocenters. The average molecular weight is 526 g/mol. The van der Waals surface area contributed by atoms with Gasteiger partial charge in [-0.25, -0.2) is 4.99 Å². The zero-order chi connectivity index (χ0) is 20.9. The van der Waals surface area contributed by atoms with Crippen molar-refractivity contribution >= 4 is 35.8 Å². The second-order valence-corrected chi connectivity index (χ2v) is 8.01. The van der Waals surface area contributed by atoms with Crippen LogP contribution in [0.1, 0.15) is 37.6 Å². The van der Waals surface area contributed by atoms with E-state index in [0.717, 1.165) is 29.9 Å². The number of amides is 1. The van der Waals surface area contributed by atoms with Gasteiger partial charge >= 0.3 is 0 Å². The number of halogens is 1. The average Bonchev–Trinajstić information content (AvgIpc) is 3.18. The molecule has 0 aliphatic carbocycles. The zero-order valence-electron chi connectivity index (χ0n) is 18.0. The lowest BCUT2D eigenvalue weighted by Crippen LogP contribution is -2.46. The van der Waals surface area contributed by atoms with Crippen molar-refractivity contribution < 1.29 is 13.9 Å². The van der Waals surface area contributed by atoms with Gasteiger partial charge in [0.2, 0.25) is 5.91 Å². The maximum atomic E-state index is 12.0. The van der Waals surface area contributed by atoms with Gasteiger partial charge in [0.15, 0.2) is 5.96 Å². The van der Waals surface area contributed by atoms with E-state index in [1.807, 2.05) is 30.3 Å². The van der Waals surface area contributed by atoms with E-state index in [2.05, 4.69) is 35.5 Å². The fourth-order valence-corrected chi connectivity index (χ4v) is 3.30. The number of nitrogens with one attached hydrogen (secondary N) is 2. The van der Waals surface area contributed by atoms with E-state index in [4.69, 9.17) is 9.15 Å². The summed E-state index contributed by atoms with van der Waals surface area (Å²) in [7, 11) is 3.46. The summed E-state index contributed by atoms with van der Waals surface area (Å²) in [6, 6.07) is 11.9. The number of furan rings is 1. The fourth-order valence-electron chi connectivity index (χ4n) is 3.30. The van der Waals surface area contributed by atoms with Crippen LogP contribution in [0.5, 0.6) is 5.75 Å². The van der Waals surface area contributed by atoms with E-state index in [1.165, 1.54) is 4.90 Å². The lowest BCUT2D eigenvalue weighted by atomic mass is 9.90. The molecule has 7 nitrogen and oxygen atoms in total. The molecular weight excluding hydrogens is 495 g/mol. The molecular formula is C22H31IN4O3. The number of carbonyl (C=O) groups excluding carboxylic acids is 1. The number of hydrogen-bond donors (Lipinski definition) is 2. The molecule has 1 aliphatic rings. The Hall–Kier alpha value is -2.23. The Balaban J connectivity index is 0.00000320. The fraction of sp³-hybridized carbons (Fsp3) is 0.455. The summed E-state index contributed by atoms with van der Waals surface area (Å²) in [5, 5.41) is 6.82. The van der Waals surface area contributed by atoms with E-state index >= 15 is 0 Å². The Bertz CT molecular complexity index is 850. The van der Waals surface area contributed by atoms with Crippen molar-refractivity contribution in [3.63, 3.8) is 0 Å². The Morgan fingerprint density at radius 2 is 2.00 bits per heavy atom. The SMILES string of the molecule is CN(C)C(=O)CN=C(NCCc1ccco1)NC1CC(C)(C)Oc2ccccc21.I. The minimum Gasteiger partial charge on any atom is -0.487 e. The second kappa shape index (κ2) is 10.7. The summed E-state index contributed by atoms with van der Waals surface area (Å²) < 4.78 is 11.5. The van der Waals surface area contributed by atoms with Gasteiger partial charge in [-0.1, -0.05) is 18.2 Å². The predicted molar refractivity (Wildman–Crippen MR) is 128 cm³/mol. The first-order chi connectivity index (χ1) is 13.8. The highest BCUT2D eigenvalue weighted by atomic mass is 127. The summed E-state index contributed by atoms with van der Waals surface area (Å²) in [6.07, 6.45) is 3.18. The van der Waals surface area contributed by atoms with E-state index in [-0.39, 0.29) is 48.1 Å². The van der Waals surface area contributed by atoms with Gasteiger partial charge < -0.3 is 24.7 Å². The van der Waals surface area contributed by atoms with Crippen molar-refractivity contribution in [1.29, 1.82) is 0 Å². The molecule has 1 amide bonds. The number of benzene rings is 1. The molecule has 0 radical (unpaired) electrons. The van der Waals surface area contributed by atoms with Crippen molar-refractivity contribution in [3.8, 4) is 5.75 Å². The number of likely N-dealkylation sites (N-methyl/N-ethyl adjacent to an activating group) is 1. The van der Waals surface area contributed by atoms with Crippen LogP contribution in [0.25, 0.3) is 0 Å². The van der Waals surface area contributed by atoms with Crippen LogP contribution in [0, 0.1) is 0 Å². The molecule has 0 saturated heterocycles. The molecule has 1 aliphatic heterocycles. The third-order valence-corrected chi connectivity index (χ3v) is 4.80. The molecule has 2 heterocycles. The molecule has 0 spiro atoms. The summed E-state index contributed by atoms with van der Waals surface area (Å²) in [5.41, 5.74) is 0.788. The molecule has 164 valence electrons. The van der Waals surface area contributed by atoms with Crippen LogP contribution in [0.15, 0.2) is 52.1 Å². The largest absolute Gasteiger partial charge is 0.487 e. The molecule has 1 aromatic carbocycles. The Labute approximate surface area is 195 Å². The van der Waals surface area contributed by atoms with Gasteiger partial charge in [0.25, 0.3) is 0 Å². The molecule has 8 heteroatoms. The van der Waals surface area contributed by atoms with Crippen molar-refractivity contribution in [2.24, 2.45) is 4.99 Å². The normalized spacial score (nSPS) is 17.2. The van der Waals surface area contributed by atoms with Crippen LogP contribution >= 0.6 is 24.0 Å². The van der Waals surface area contributed by atoms with Crippen LogP contribution in [0.2, 0.25) is 0 Å². The van der Waals surface area contributed by atoms with E-state index in [1.54, 1.807) is 20.4 Å². The van der Waals surface area contributed by atoms with Crippen LogP contribution < -0.4 is 15.4 Å². The quantitative estimate of drug-likeness (QED) is 0.343. The number of nitrogens with zero attached hydrogens (tertiary/aromatic N) is 2. The topological polar surface area (TPSA) is 79.1 Å². The predicted octanol–water partition coefficient (Wildman–Crippen LogP) is 3.37. The van der Waals surface area contributed by atoms with Crippen LogP contribution in [0.3, 0.4) is 0 Å². The first kappa shape index (κ1) is 24.0. The summed E-state index contributed by atoms with van der Waals surface area (Å²) in [6.45, 7) is 4.88. The van der Waals surface area contributed by atoms with Gasteiger partial charge in [-0.15, -0.1) is 24.0 Å². The lowest BCUT2D eigenvalue weighted by molar-refractivity contribution is -0.127. The highest BCUT2D eigenvalue weighted by Crippen LogP contribution is 2.39. The summed E-state index contributed by atoms with van der Waals surface area (Å²) >= 11 is 0. The first-order valence-electron chi connectivity index (χ1n) is 9.89. The summed E-state index contributed by atoms with van der Waals surface area (Å²) in [4.78, 5) is 18.1. The summed E-state index contributed by atoms with van der Waals surface area (Å²) in [5.74, 6) is 2.33. The standard InChI is InChI=1S/C22H30N4O3.HI/c1-22(2)14-18(17-9-5-6-10-19(17)29-22)25-21(24-15-20(27)26(3)4)23-12-11-16-8-7-13-28-16;/h5-10,13,18H,11-12,14-15H2,1-4H3,(H2,23,24,25);1H. The molecule has 3 rings (SSSR count). The maximum Gasteiger partial charge on any atom is 0.243 e. The minimum atomic E-state index is -0.301. The molecule has 1 atom stereocenters. The van der Waals surface area contributed by atoms with Gasteiger partial charge in [-0.2, -0.15) is 0 Å². The number of fused-ring (bicyclic) bond motifs is 1. The van der Waals surface area contributed by atoms with Crippen LogP contribution in [-0.2, 0) is 11.2 Å². The van der Waals surface area contributed by atoms with Gasteiger partial charge in [0.05, 0.1) is 12.3 Å². The van der Waals surface area contributed by atoms with Crippen molar-refractivity contribution in [1.82, 2.24) is 15.5 Å². The smallest absolute Gasteiger partial charge is 0.243 e. The molecule has 0 fully saturated rings. The molecule has 30 heavy (non-hydrogen) atoms. The molecule has 0 bridgehead atoms. The lowest BCUT2D eigenvalue weighted by Gasteiger charge is -2.38. The monoisotopic (exact) mass is 526 g/mol. The van der Waals surface area contributed by atoms with Gasteiger partial charge in [0, 0.05) is 39.0 Å². The van der Waals surface area contributed by atoms with Crippen LogP contribution in [-0.4, -0.2) is 49.6 Å². The van der Waals surface area contributed by atoms with Crippen molar-refractivity contribution in [2.45, 2.75) is 38.3 Å². The number of guanidine groups is 1. The minimum absolute atomic E-state index is 0. The number of hydrogen-bond acceptors (Lipinski definition) is 4. The highest BCUT2D eigenvalue weighted by molar-refractivity contribution is 14.0. The third kappa shape index (κ3) is 6.65. The molecule has 2 aromatic rings. The zero-order valence-corrected chi connectivity index (χ0v) is 20.3. The highest BCUT2D eigenvalue weighted by Gasteiger charge is 2.34. The number of aliphatic imine (C=N–C) groups is 1. The number of para-hydroxylation sites is 1. The number of rotatable bonds is 6. The first-order valence-corrected chi connectivity index (χ1v) is 9.89. The maximum absolute atomic E-state index is 12.0. The van der Waals surface area contributed by atoms with Crippen molar-refractivity contribution in [2.75, 3.05) is 27.2 Å². The number of ether oxygens (including phenoxy) is 1. The second-order valence-electron chi connectivity index (χ2n) is 8.01.